The van der Waals surface area contributed by atoms with E-state index >= 15 is 0 Å². The highest BCUT2D eigenvalue weighted by Gasteiger charge is 1.96. The van der Waals surface area contributed by atoms with Crippen molar-refractivity contribution < 1.29 is 4.74 Å². The third-order valence-electron chi connectivity index (χ3n) is 2.55. The first-order valence-electron chi connectivity index (χ1n) is 6.32. The Morgan fingerprint density at radius 1 is 1.33 bits per heavy atom. The van der Waals surface area contributed by atoms with Crippen molar-refractivity contribution >= 4 is 11.6 Å². The fraction of sp³-hybridized carbons (Fsp3) is 0.400. The first-order chi connectivity index (χ1) is 8.76. The van der Waals surface area contributed by atoms with Crippen molar-refractivity contribution in [3.8, 4) is 5.75 Å². The molecule has 0 heterocycles. The highest BCUT2D eigenvalue weighted by molar-refractivity contribution is 5.75. The maximum atomic E-state index is 5.49. The van der Waals surface area contributed by atoms with E-state index in [0.29, 0.717) is 5.90 Å². The number of unbranched alkanes of at least 4 members (excludes halogenated alkanes) is 1. The number of anilines is 1. The molecule has 1 rings (SSSR count). The summed E-state index contributed by atoms with van der Waals surface area (Å²) in [6, 6.07) is 7.94. The van der Waals surface area contributed by atoms with Crippen LogP contribution in [0.15, 0.2) is 41.4 Å². The number of ether oxygens (including phenoxy) is 1. The molecule has 1 aromatic rings. The van der Waals surface area contributed by atoms with Crippen LogP contribution >= 0.6 is 0 Å². The van der Waals surface area contributed by atoms with E-state index in [1.54, 1.807) is 7.05 Å². The molecule has 3 nitrogen and oxygen atoms in total. The van der Waals surface area contributed by atoms with Gasteiger partial charge >= 0.3 is 0 Å². The molecule has 1 aromatic carbocycles. The zero-order valence-corrected chi connectivity index (χ0v) is 11.4. The smallest absolute Gasteiger partial charge is 0.186 e. The van der Waals surface area contributed by atoms with E-state index in [0.717, 1.165) is 30.8 Å². The monoisotopic (exact) mass is 246 g/mol. The Labute approximate surface area is 110 Å². The number of allylic oxidation sites excluding steroid dienone is 2. The Morgan fingerprint density at radius 3 is 2.67 bits per heavy atom. The number of nitrogens with zero attached hydrogens (tertiary/aromatic N) is 1. The number of hydrogen-bond donors (Lipinski definition) is 1. The van der Waals surface area contributed by atoms with Gasteiger partial charge in [0.15, 0.2) is 5.90 Å². The highest BCUT2D eigenvalue weighted by atomic mass is 16.5. The summed E-state index contributed by atoms with van der Waals surface area (Å²) in [6.45, 7) is 4.88. The van der Waals surface area contributed by atoms with Crippen molar-refractivity contribution in [3.05, 3.63) is 36.4 Å². The van der Waals surface area contributed by atoms with Crippen LogP contribution < -0.4 is 10.1 Å². The van der Waals surface area contributed by atoms with Gasteiger partial charge in [-0.05, 0) is 44.0 Å². The summed E-state index contributed by atoms with van der Waals surface area (Å²) in [5, 5.41) is 3.38. The van der Waals surface area contributed by atoms with Crippen LogP contribution in [0.3, 0.4) is 0 Å². The first kappa shape index (κ1) is 14.3. The molecule has 0 fully saturated rings. The van der Waals surface area contributed by atoms with Gasteiger partial charge in [-0.15, -0.1) is 0 Å². The molecule has 3 heteroatoms. The molecule has 18 heavy (non-hydrogen) atoms. The van der Waals surface area contributed by atoms with Crippen molar-refractivity contribution in [1.82, 2.24) is 0 Å². The molecule has 98 valence electrons. The van der Waals surface area contributed by atoms with Gasteiger partial charge in [0.1, 0.15) is 5.75 Å². The van der Waals surface area contributed by atoms with Gasteiger partial charge in [-0.3, -0.25) is 4.99 Å². The van der Waals surface area contributed by atoms with E-state index in [4.69, 9.17) is 4.74 Å². The summed E-state index contributed by atoms with van der Waals surface area (Å²) in [7, 11) is 1.72. The van der Waals surface area contributed by atoms with E-state index in [9.17, 15) is 0 Å². The van der Waals surface area contributed by atoms with Crippen molar-refractivity contribution in [2.24, 2.45) is 4.99 Å². The second-order valence-electron chi connectivity index (χ2n) is 4.01. The molecule has 0 aliphatic carbocycles. The molecular weight excluding hydrogens is 224 g/mol. The van der Waals surface area contributed by atoms with Gasteiger partial charge in [0, 0.05) is 26.2 Å². The average Bonchev–Trinajstić information content (AvgIpc) is 2.40. The Morgan fingerprint density at radius 2 is 2.06 bits per heavy atom. The maximum absolute atomic E-state index is 5.49. The number of hydrogen-bond acceptors (Lipinski definition) is 3. The molecule has 0 saturated carbocycles. The molecule has 0 unspecified atom stereocenters. The maximum Gasteiger partial charge on any atom is 0.186 e. The largest absolute Gasteiger partial charge is 0.444 e. The van der Waals surface area contributed by atoms with Crippen LogP contribution in [0.4, 0.5) is 5.69 Å². The lowest BCUT2D eigenvalue weighted by Gasteiger charge is -2.07. The van der Waals surface area contributed by atoms with Gasteiger partial charge in [-0.25, -0.2) is 0 Å². The minimum atomic E-state index is 0.669. The normalized spacial score (nSPS) is 11.8. The summed E-state index contributed by atoms with van der Waals surface area (Å²) in [5.74, 6) is 1.49. The number of rotatable bonds is 6. The molecule has 0 saturated heterocycles. The molecule has 0 atom stereocenters. The molecule has 0 aromatic heterocycles. The number of aliphatic imine (C=N–C) groups is 1. The lowest BCUT2D eigenvalue weighted by Crippen LogP contribution is -2.03. The number of nitrogens with one attached hydrogen (secondary N) is 1. The zero-order chi connectivity index (χ0) is 13.2. The van der Waals surface area contributed by atoms with Crippen molar-refractivity contribution in [1.29, 1.82) is 0 Å². The third-order valence-corrected chi connectivity index (χ3v) is 2.55. The summed E-state index contributed by atoms with van der Waals surface area (Å²) in [4.78, 5) is 3.96. The van der Waals surface area contributed by atoms with Crippen LogP contribution in [0.25, 0.3) is 0 Å². The minimum absolute atomic E-state index is 0.669. The first-order valence-corrected chi connectivity index (χ1v) is 6.32. The Hall–Kier alpha value is -1.77. The van der Waals surface area contributed by atoms with Crippen LogP contribution in [-0.4, -0.2) is 19.5 Å². The Kier molecular flexibility index (Phi) is 6.62. The topological polar surface area (TPSA) is 33.6 Å². The van der Waals surface area contributed by atoms with Crippen LogP contribution in [0, 0.1) is 0 Å². The Bertz CT molecular complexity index is 393. The molecule has 0 radical (unpaired) electrons. The van der Waals surface area contributed by atoms with Crippen LogP contribution in [0.2, 0.25) is 0 Å². The van der Waals surface area contributed by atoms with E-state index in [2.05, 4.69) is 22.5 Å². The quantitative estimate of drug-likeness (QED) is 0.357. The molecule has 0 bridgehead atoms. The van der Waals surface area contributed by atoms with E-state index in [1.807, 2.05) is 38.1 Å². The third kappa shape index (κ3) is 5.53. The minimum Gasteiger partial charge on any atom is -0.444 e. The molecule has 0 amide bonds. The zero-order valence-electron chi connectivity index (χ0n) is 11.4. The average molecular weight is 246 g/mol. The fourth-order valence-electron chi connectivity index (χ4n) is 1.48. The standard InChI is InChI=1S/C15H22N2O/c1-4-5-6-7-12-17-14-8-10-15(11-9-14)18-13(2)16-3/h4-5,8-11,17H,6-7,12H2,1-3H3/b5-4+,16-13?. The van der Waals surface area contributed by atoms with Gasteiger partial charge in [0.25, 0.3) is 0 Å². The van der Waals surface area contributed by atoms with Crippen molar-refractivity contribution in [2.45, 2.75) is 26.7 Å². The van der Waals surface area contributed by atoms with E-state index in [-0.39, 0.29) is 0 Å². The SMILES string of the molecule is C/C=C/CCCNc1ccc(OC(C)=NC)cc1. The number of benzene rings is 1. The van der Waals surface area contributed by atoms with E-state index in [1.165, 1.54) is 0 Å². The summed E-state index contributed by atoms with van der Waals surface area (Å²) in [6.07, 6.45) is 6.54. The van der Waals surface area contributed by atoms with E-state index < -0.39 is 0 Å². The van der Waals surface area contributed by atoms with Gasteiger partial charge < -0.3 is 10.1 Å². The Balaban J connectivity index is 2.36. The second kappa shape index (κ2) is 8.34. The molecule has 0 aliphatic rings. The summed E-state index contributed by atoms with van der Waals surface area (Å²) < 4.78 is 5.49. The lowest BCUT2D eigenvalue weighted by atomic mass is 10.2. The van der Waals surface area contributed by atoms with Gasteiger partial charge in [-0.2, -0.15) is 0 Å². The van der Waals surface area contributed by atoms with Crippen LogP contribution in [0.1, 0.15) is 26.7 Å². The van der Waals surface area contributed by atoms with Crippen LogP contribution in [-0.2, 0) is 0 Å². The molecular formula is C15H22N2O. The summed E-state index contributed by atoms with van der Waals surface area (Å²) >= 11 is 0. The van der Waals surface area contributed by atoms with Crippen LogP contribution in [0.5, 0.6) is 5.75 Å². The highest BCUT2D eigenvalue weighted by Crippen LogP contribution is 2.16. The molecule has 1 N–H and O–H groups in total. The van der Waals surface area contributed by atoms with Gasteiger partial charge in [0.05, 0.1) is 0 Å². The predicted octanol–water partition coefficient (Wildman–Crippen LogP) is 3.88. The summed E-state index contributed by atoms with van der Waals surface area (Å²) in [5.41, 5.74) is 1.12. The van der Waals surface area contributed by atoms with Gasteiger partial charge in [-0.1, -0.05) is 12.2 Å². The van der Waals surface area contributed by atoms with Gasteiger partial charge in [0.2, 0.25) is 0 Å². The van der Waals surface area contributed by atoms with Crippen molar-refractivity contribution in [3.63, 3.8) is 0 Å². The van der Waals surface area contributed by atoms with Crippen molar-refractivity contribution in [2.75, 3.05) is 18.9 Å². The lowest BCUT2D eigenvalue weighted by molar-refractivity contribution is 0.545. The molecule has 0 spiro atoms. The second-order valence-corrected chi connectivity index (χ2v) is 4.01. The molecule has 0 aliphatic heterocycles. The fourth-order valence-corrected chi connectivity index (χ4v) is 1.48. The predicted molar refractivity (Wildman–Crippen MR) is 78.6 cm³/mol.